The Morgan fingerprint density at radius 1 is 1.29 bits per heavy atom. The van der Waals surface area contributed by atoms with Crippen LogP contribution in [0.15, 0.2) is 24.3 Å². The van der Waals surface area contributed by atoms with E-state index in [1.54, 1.807) is 12.1 Å². The molecular formula is C11H15NO4S. The van der Waals surface area contributed by atoms with Gasteiger partial charge in [0.05, 0.1) is 16.3 Å². The van der Waals surface area contributed by atoms with E-state index in [0.717, 1.165) is 5.56 Å². The second-order valence-electron chi connectivity index (χ2n) is 4.53. The summed E-state index contributed by atoms with van der Waals surface area (Å²) in [5, 5.41) is 10.4. The number of non-ortho nitro benzene ring substituents is 1. The molecule has 5 nitrogen and oxygen atoms in total. The monoisotopic (exact) mass is 257 g/mol. The van der Waals surface area contributed by atoms with Crippen LogP contribution in [0.4, 0.5) is 5.69 Å². The van der Waals surface area contributed by atoms with Gasteiger partial charge in [0.2, 0.25) is 0 Å². The smallest absolute Gasteiger partial charge is 0.269 e. The molecule has 0 heterocycles. The van der Waals surface area contributed by atoms with Crippen molar-refractivity contribution in [2.45, 2.75) is 32.1 Å². The van der Waals surface area contributed by atoms with Gasteiger partial charge in [-0.1, -0.05) is 0 Å². The molecule has 0 aliphatic heterocycles. The minimum atomic E-state index is -1.39. The maximum atomic E-state index is 11.6. The molecule has 0 saturated heterocycles. The molecule has 1 unspecified atom stereocenters. The summed E-state index contributed by atoms with van der Waals surface area (Å²) in [6.45, 7) is 5.64. The molecule has 0 bridgehead atoms. The average molecular weight is 257 g/mol. The zero-order valence-corrected chi connectivity index (χ0v) is 10.8. The molecule has 94 valence electrons. The van der Waals surface area contributed by atoms with Crippen LogP contribution < -0.4 is 0 Å². The van der Waals surface area contributed by atoms with E-state index in [9.17, 15) is 14.3 Å². The lowest BCUT2D eigenvalue weighted by molar-refractivity contribution is -0.384. The highest BCUT2D eigenvalue weighted by molar-refractivity contribution is 7.81. The van der Waals surface area contributed by atoms with Crippen LogP contribution >= 0.6 is 0 Å². The van der Waals surface area contributed by atoms with E-state index >= 15 is 0 Å². The highest BCUT2D eigenvalue weighted by Crippen LogP contribution is 2.16. The number of hydrogen-bond donors (Lipinski definition) is 0. The summed E-state index contributed by atoms with van der Waals surface area (Å²) in [6, 6.07) is 5.99. The Labute approximate surface area is 103 Å². The summed E-state index contributed by atoms with van der Waals surface area (Å²) in [4.78, 5) is 9.98. The minimum Gasteiger partial charge on any atom is -0.285 e. The molecular weight excluding hydrogens is 242 g/mol. The lowest BCUT2D eigenvalue weighted by Gasteiger charge is -2.16. The van der Waals surface area contributed by atoms with Crippen molar-refractivity contribution in [3.63, 3.8) is 0 Å². The number of nitro benzene ring substituents is 1. The van der Waals surface area contributed by atoms with Gasteiger partial charge in [-0.25, -0.2) is 4.21 Å². The third kappa shape index (κ3) is 4.24. The fourth-order valence-corrected chi connectivity index (χ4v) is 1.61. The lowest BCUT2D eigenvalue weighted by Crippen LogP contribution is -2.23. The number of nitrogens with zero attached hydrogens (tertiary/aromatic N) is 1. The van der Waals surface area contributed by atoms with Gasteiger partial charge in [0, 0.05) is 12.1 Å². The van der Waals surface area contributed by atoms with E-state index in [2.05, 4.69) is 0 Å². The zero-order valence-electron chi connectivity index (χ0n) is 10.0. The highest BCUT2D eigenvalue weighted by Gasteiger charge is 2.20. The van der Waals surface area contributed by atoms with Crippen molar-refractivity contribution in [1.82, 2.24) is 0 Å². The molecule has 0 saturated carbocycles. The zero-order chi connectivity index (χ0) is 13.1. The topological polar surface area (TPSA) is 69.4 Å². The number of benzene rings is 1. The van der Waals surface area contributed by atoms with Gasteiger partial charge in [-0.3, -0.25) is 14.3 Å². The van der Waals surface area contributed by atoms with E-state index < -0.39 is 20.8 Å². The second kappa shape index (κ2) is 5.37. The Balaban J connectivity index is 2.59. The molecule has 0 fully saturated rings. The predicted octanol–water partition coefficient (Wildman–Crippen LogP) is 2.57. The SMILES string of the molecule is CC(C)(C)S(=O)OCc1ccc([N+](=O)[O-])cc1. The third-order valence-corrected chi connectivity index (χ3v) is 3.31. The molecule has 0 aromatic heterocycles. The molecule has 0 amide bonds. The maximum Gasteiger partial charge on any atom is 0.269 e. The first-order valence-electron chi connectivity index (χ1n) is 5.09. The first-order chi connectivity index (χ1) is 7.80. The van der Waals surface area contributed by atoms with Gasteiger partial charge in [0.1, 0.15) is 0 Å². The summed E-state index contributed by atoms with van der Waals surface area (Å²) in [5.74, 6) is 0. The standard InChI is InChI=1S/C11H15NO4S/c1-11(2,3)17(15)16-8-9-4-6-10(7-5-9)12(13)14/h4-7H,8H2,1-3H3. The van der Waals surface area contributed by atoms with Crippen LogP contribution in [-0.2, 0) is 21.9 Å². The number of nitro groups is 1. The molecule has 6 heteroatoms. The van der Waals surface area contributed by atoms with Gasteiger partial charge in [-0.05, 0) is 38.5 Å². The summed E-state index contributed by atoms with van der Waals surface area (Å²) < 4.78 is 16.4. The summed E-state index contributed by atoms with van der Waals surface area (Å²) in [5.41, 5.74) is 0.791. The van der Waals surface area contributed by atoms with E-state index in [1.165, 1.54) is 12.1 Å². The van der Waals surface area contributed by atoms with Crippen LogP contribution in [0.3, 0.4) is 0 Å². The molecule has 1 aromatic rings. The van der Waals surface area contributed by atoms with Gasteiger partial charge in [0.25, 0.3) is 5.69 Å². The molecule has 1 rings (SSSR count). The molecule has 0 spiro atoms. The second-order valence-corrected chi connectivity index (χ2v) is 6.46. The van der Waals surface area contributed by atoms with Crippen LogP contribution in [0, 0.1) is 10.1 Å². The van der Waals surface area contributed by atoms with E-state index in [1.807, 2.05) is 20.8 Å². The fraction of sp³-hybridized carbons (Fsp3) is 0.455. The first kappa shape index (κ1) is 13.8. The Bertz CT molecular complexity index is 422. The lowest BCUT2D eigenvalue weighted by atomic mass is 10.2. The third-order valence-electron chi connectivity index (χ3n) is 1.98. The first-order valence-corrected chi connectivity index (χ1v) is 6.16. The van der Waals surface area contributed by atoms with E-state index in [0.29, 0.717) is 0 Å². The fourth-order valence-electron chi connectivity index (χ4n) is 1.01. The molecule has 0 N–H and O–H groups in total. The normalized spacial score (nSPS) is 13.4. The van der Waals surface area contributed by atoms with Crippen molar-refractivity contribution >= 4 is 16.8 Å². The Kier molecular flexibility index (Phi) is 4.36. The summed E-state index contributed by atoms with van der Waals surface area (Å²) in [6.07, 6.45) is 0. The Hall–Kier alpha value is -1.27. The van der Waals surface area contributed by atoms with Crippen LogP contribution in [0.2, 0.25) is 0 Å². The van der Waals surface area contributed by atoms with Gasteiger partial charge in [0.15, 0.2) is 11.1 Å². The molecule has 0 aliphatic carbocycles. The highest BCUT2D eigenvalue weighted by atomic mass is 32.2. The van der Waals surface area contributed by atoms with Crippen molar-refractivity contribution in [3.8, 4) is 0 Å². The van der Waals surface area contributed by atoms with E-state index in [-0.39, 0.29) is 12.3 Å². The van der Waals surface area contributed by atoms with Gasteiger partial charge in [-0.15, -0.1) is 0 Å². The van der Waals surface area contributed by atoms with Crippen LogP contribution in [0.25, 0.3) is 0 Å². The predicted molar refractivity (Wildman–Crippen MR) is 65.8 cm³/mol. The van der Waals surface area contributed by atoms with Crippen LogP contribution in [0.5, 0.6) is 0 Å². The molecule has 1 aromatic carbocycles. The van der Waals surface area contributed by atoms with Gasteiger partial charge in [-0.2, -0.15) is 0 Å². The number of hydrogen-bond acceptors (Lipinski definition) is 4. The van der Waals surface area contributed by atoms with Crippen molar-refractivity contribution in [2.24, 2.45) is 0 Å². The van der Waals surface area contributed by atoms with Crippen molar-refractivity contribution in [2.75, 3.05) is 0 Å². The van der Waals surface area contributed by atoms with E-state index in [4.69, 9.17) is 4.18 Å². The quantitative estimate of drug-likeness (QED) is 0.614. The Morgan fingerprint density at radius 2 is 1.82 bits per heavy atom. The molecule has 0 aliphatic rings. The van der Waals surface area contributed by atoms with Gasteiger partial charge >= 0.3 is 0 Å². The number of rotatable bonds is 4. The average Bonchev–Trinajstić information content (AvgIpc) is 2.25. The van der Waals surface area contributed by atoms with Crippen molar-refractivity contribution in [3.05, 3.63) is 39.9 Å². The summed E-state index contributed by atoms with van der Waals surface area (Å²) >= 11 is -1.39. The molecule has 0 radical (unpaired) electrons. The molecule has 1 atom stereocenters. The Morgan fingerprint density at radius 3 is 2.24 bits per heavy atom. The van der Waals surface area contributed by atoms with Crippen LogP contribution in [0.1, 0.15) is 26.3 Å². The minimum absolute atomic E-state index is 0.0330. The van der Waals surface area contributed by atoms with Crippen LogP contribution in [-0.4, -0.2) is 13.9 Å². The largest absolute Gasteiger partial charge is 0.285 e. The maximum absolute atomic E-state index is 11.6. The van der Waals surface area contributed by atoms with Crippen molar-refractivity contribution in [1.29, 1.82) is 0 Å². The van der Waals surface area contributed by atoms with Crippen molar-refractivity contribution < 1.29 is 13.3 Å². The summed E-state index contributed by atoms with van der Waals surface area (Å²) in [7, 11) is 0. The van der Waals surface area contributed by atoms with Gasteiger partial charge < -0.3 is 0 Å². The molecule has 17 heavy (non-hydrogen) atoms.